The van der Waals surface area contributed by atoms with Gasteiger partial charge in [-0.25, -0.2) is 4.68 Å². The summed E-state index contributed by atoms with van der Waals surface area (Å²) in [6.07, 6.45) is 4.44. The Kier molecular flexibility index (Phi) is 1.64. The fourth-order valence-corrected chi connectivity index (χ4v) is 0.464. The van der Waals surface area contributed by atoms with Crippen LogP contribution < -0.4 is 0 Å². The third kappa shape index (κ3) is 1.07. The molecule has 0 fully saturated rings. The molecule has 0 saturated carbocycles. The summed E-state index contributed by atoms with van der Waals surface area (Å²) in [6.45, 7) is 0.503. The van der Waals surface area contributed by atoms with Gasteiger partial charge in [-0.1, -0.05) is 0 Å². The van der Waals surface area contributed by atoms with Crippen LogP contribution in [0, 0.1) is 6.20 Å². The van der Waals surface area contributed by atoms with Crippen molar-refractivity contribution >= 4 is 0 Å². The van der Waals surface area contributed by atoms with Gasteiger partial charge in [0.05, 0.1) is 0 Å². The zero-order chi connectivity index (χ0) is 5.82. The molecule has 0 aromatic carbocycles. The van der Waals surface area contributed by atoms with Crippen molar-refractivity contribution in [1.29, 1.82) is 0 Å². The Hall–Kier alpha value is -0.830. The van der Waals surface area contributed by atoms with E-state index in [0.717, 1.165) is 0 Å². The van der Waals surface area contributed by atoms with E-state index in [1.807, 2.05) is 0 Å². The molecule has 43 valence electrons. The molecule has 8 heavy (non-hydrogen) atoms. The average Bonchev–Trinajstić information content (AvgIpc) is 2.19. The summed E-state index contributed by atoms with van der Waals surface area (Å²) in [7, 11) is 1.63. The van der Waals surface area contributed by atoms with Crippen molar-refractivity contribution in [3.63, 3.8) is 0 Å². The minimum absolute atomic E-state index is 0.503. The summed E-state index contributed by atoms with van der Waals surface area (Å²) in [5, 5.41) is 3.77. The van der Waals surface area contributed by atoms with E-state index >= 15 is 0 Å². The first kappa shape index (κ1) is 5.31. The van der Waals surface area contributed by atoms with Crippen molar-refractivity contribution in [3.8, 4) is 0 Å². The monoisotopic (exact) mass is 111 g/mol. The summed E-state index contributed by atoms with van der Waals surface area (Å²) in [4.78, 5) is 0. The van der Waals surface area contributed by atoms with Crippen LogP contribution in [0.2, 0.25) is 0 Å². The third-order valence-electron chi connectivity index (χ3n) is 0.769. The van der Waals surface area contributed by atoms with E-state index in [4.69, 9.17) is 4.74 Å². The van der Waals surface area contributed by atoms with Crippen LogP contribution in [0.3, 0.4) is 0 Å². The molecule has 0 aliphatic rings. The number of methoxy groups -OCH3 is 1. The molecule has 0 atom stereocenters. The first-order valence-corrected chi connectivity index (χ1v) is 2.32. The average molecular weight is 111 g/mol. The number of rotatable bonds is 2. The maximum atomic E-state index is 4.77. The van der Waals surface area contributed by atoms with Crippen LogP contribution in [0.1, 0.15) is 0 Å². The molecule has 1 heterocycles. The summed E-state index contributed by atoms with van der Waals surface area (Å²) in [5.74, 6) is 0. The predicted molar refractivity (Wildman–Crippen MR) is 28.1 cm³/mol. The fourth-order valence-electron chi connectivity index (χ4n) is 0.464. The minimum Gasteiger partial charge on any atom is -0.362 e. The second kappa shape index (κ2) is 2.47. The molecule has 3 heteroatoms. The maximum absolute atomic E-state index is 4.77. The van der Waals surface area contributed by atoms with Gasteiger partial charge in [0.25, 0.3) is 0 Å². The van der Waals surface area contributed by atoms with Crippen LogP contribution in [-0.4, -0.2) is 16.9 Å². The summed E-state index contributed by atoms with van der Waals surface area (Å²) in [6, 6.07) is 1.74. The van der Waals surface area contributed by atoms with Gasteiger partial charge in [0.2, 0.25) is 0 Å². The highest BCUT2D eigenvalue weighted by atomic mass is 16.5. The van der Waals surface area contributed by atoms with Crippen LogP contribution in [-0.2, 0) is 11.5 Å². The van der Waals surface area contributed by atoms with Crippen LogP contribution in [0.4, 0.5) is 0 Å². The molecule has 1 rings (SSSR count). The van der Waals surface area contributed by atoms with E-state index in [1.165, 1.54) is 0 Å². The summed E-state index contributed by atoms with van der Waals surface area (Å²) in [5.41, 5.74) is 0. The van der Waals surface area contributed by atoms with Crippen molar-refractivity contribution in [1.82, 2.24) is 9.78 Å². The molecule has 3 nitrogen and oxygen atoms in total. The number of aromatic nitrogens is 2. The van der Waals surface area contributed by atoms with Crippen molar-refractivity contribution in [2.24, 2.45) is 0 Å². The number of hydrogen-bond acceptors (Lipinski definition) is 2. The van der Waals surface area contributed by atoms with E-state index in [2.05, 4.69) is 11.3 Å². The second-order valence-electron chi connectivity index (χ2n) is 1.40. The number of hydrogen-bond donors (Lipinski definition) is 0. The molecule has 1 aromatic rings. The van der Waals surface area contributed by atoms with Crippen molar-refractivity contribution in [2.75, 3.05) is 7.11 Å². The molecule has 0 aliphatic carbocycles. The normalized spacial score (nSPS) is 9.62. The lowest BCUT2D eigenvalue weighted by atomic mass is 10.8. The molecule has 0 spiro atoms. The molecule has 1 aromatic heterocycles. The lowest BCUT2D eigenvalue weighted by Crippen LogP contribution is -1.98. The first-order valence-electron chi connectivity index (χ1n) is 2.32. The maximum Gasteiger partial charge on any atom is 0.138 e. The number of ether oxygens (including phenoxy) is 1. The summed E-state index contributed by atoms with van der Waals surface area (Å²) >= 11 is 0. The Labute approximate surface area is 47.9 Å². The quantitative estimate of drug-likeness (QED) is 0.548. The lowest BCUT2D eigenvalue weighted by Gasteiger charge is -1.94. The lowest BCUT2D eigenvalue weighted by molar-refractivity contribution is 0.120. The Bertz CT molecular complexity index is 136. The third-order valence-corrected chi connectivity index (χ3v) is 0.769. The highest BCUT2D eigenvalue weighted by molar-refractivity contribution is 4.74. The zero-order valence-electron chi connectivity index (χ0n) is 4.66. The van der Waals surface area contributed by atoms with Gasteiger partial charge >= 0.3 is 0 Å². The minimum atomic E-state index is 0.503. The van der Waals surface area contributed by atoms with Gasteiger partial charge < -0.3 is 4.74 Å². The Balaban J connectivity index is 2.50. The van der Waals surface area contributed by atoms with Crippen LogP contribution in [0.5, 0.6) is 0 Å². The van der Waals surface area contributed by atoms with E-state index in [1.54, 1.807) is 24.1 Å². The van der Waals surface area contributed by atoms with E-state index in [-0.39, 0.29) is 0 Å². The molecule has 0 amide bonds. The van der Waals surface area contributed by atoms with E-state index < -0.39 is 0 Å². The van der Waals surface area contributed by atoms with E-state index in [9.17, 15) is 0 Å². The van der Waals surface area contributed by atoms with Crippen LogP contribution in [0.15, 0.2) is 12.3 Å². The molecule has 1 radical (unpaired) electrons. The topological polar surface area (TPSA) is 27.1 Å². The largest absolute Gasteiger partial charge is 0.362 e. The van der Waals surface area contributed by atoms with Gasteiger partial charge in [0.15, 0.2) is 0 Å². The van der Waals surface area contributed by atoms with E-state index in [0.29, 0.717) is 6.73 Å². The molecule has 0 bridgehead atoms. The van der Waals surface area contributed by atoms with Gasteiger partial charge in [-0.2, -0.15) is 5.10 Å². The Morgan fingerprint density at radius 2 is 2.75 bits per heavy atom. The molecule has 0 saturated heterocycles. The second-order valence-corrected chi connectivity index (χ2v) is 1.40. The van der Waals surface area contributed by atoms with Crippen molar-refractivity contribution in [3.05, 3.63) is 18.5 Å². The van der Waals surface area contributed by atoms with Gasteiger partial charge in [-0.15, -0.1) is 0 Å². The molecular formula is C5H7N2O. The van der Waals surface area contributed by atoms with Gasteiger partial charge in [-0.05, 0) is 6.07 Å². The van der Waals surface area contributed by atoms with Crippen LogP contribution >= 0.6 is 0 Å². The summed E-state index contributed by atoms with van der Waals surface area (Å²) < 4.78 is 6.42. The molecule has 0 aliphatic heterocycles. The predicted octanol–water partition coefficient (Wildman–Crippen LogP) is 0.287. The first-order chi connectivity index (χ1) is 3.93. The van der Waals surface area contributed by atoms with Crippen LogP contribution in [0.25, 0.3) is 0 Å². The SMILES string of the molecule is COCn1cc[c]n1. The zero-order valence-corrected chi connectivity index (χ0v) is 4.66. The van der Waals surface area contributed by atoms with Crippen molar-refractivity contribution < 1.29 is 4.74 Å². The molecule has 0 N–H and O–H groups in total. The standard InChI is InChI=1S/C5H7N2O/c1-8-5-7-4-2-3-6-7/h2,4H,5H2,1H3. The van der Waals surface area contributed by atoms with Gasteiger partial charge in [0.1, 0.15) is 12.9 Å². The number of nitrogens with zero attached hydrogens (tertiary/aromatic N) is 2. The smallest absolute Gasteiger partial charge is 0.138 e. The Morgan fingerprint density at radius 3 is 3.25 bits per heavy atom. The highest BCUT2D eigenvalue weighted by Gasteiger charge is 1.82. The Morgan fingerprint density at radius 1 is 1.88 bits per heavy atom. The fraction of sp³-hybridized carbons (Fsp3) is 0.400. The van der Waals surface area contributed by atoms with Gasteiger partial charge in [0, 0.05) is 13.3 Å². The molecular weight excluding hydrogens is 104 g/mol. The van der Waals surface area contributed by atoms with Crippen molar-refractivity contribution in [2.45, 2.75) is 6.73 Å². The highest BCUT2D eigenvalue weighted by Crippen LogP contribution is 1.81. The van der Waals surface area contributed by atoms with Gasteiger partial charge in [-0.3, -0.25) is 0 Å². The molecule has 0 unspecified atom stereocenters.